The molecule has 0 atom stereocenters. The molecule has 2 rings (SSSR count). The molecule has 5 heteroatoms. The molecular weight excluding hydrogens is 229 g/mol. The highest BCUT2D eigenvalue weighted by Crippen LogP contribution is 2.25. The van der Waals surface area contributed by atoms with Crippen LogP contribution in [0.4, 0.5) is 13.2 Å². The first-order valence-electron chi connectivity index (χ1n) is 5.29. The minimum absolute atomic E-state index is 0.0256. The van der Waals surface area contributed by atoms with Crippen LogP contribution in [0.15, 0.2) is 12.1 Å². The van der Waals surface area contributed by atoms with Crippen molar-refractivity contribution >= 4 is 10.9 Å². The van der Waals surface area contributed by atoms with Gasteiger partial charge in [-0.25, -0.2) is 8.78 Å². The van der Waals surface area contributed by atoms with E-state index in [1.54, 1.807) is 0 Å². The van der Waals surface area contributed by atoms with Crippen molar-refractivity contribution in [3.05, 3.63) is 35.3 Å². The molecule has 1 heterocycles. The van der Waals surface area contributed by atoms with E-state index in [-0.39, 0.29) is 10.9 Å². The second-order valence-corrected chi connectivity index (χ2v) is 4.28. The van der Waals surface area contributed by atoms with E-state index < -0.39 is 17.6 Å². The van der Waals surface area contributed by atoms with Gasteiger partial charge >= 0.3 is 0 Å². The zero-order valence-corrected chi connectivity index (χ0v) is 9.65. The van der Waals surface area contributed by atoms with Crippen LogP contribution in [0.2, 0.25) is 0 Å². The third-order valence-corrected chi connectivity index (χ3v) is 2.69. The number of hydrogen-bond acceptors (Lipinski definition) is 1. The molecule has 0 aliphatic heterocycles. The fourth-order valence-electron chi connectivity index (χ4n) is 1.82. The summed E-state index contributed by atoms with van der Waals surface area (Å²) in [7, 11) is 3.71. The van der Waals surface area contributed by atoms with Crippen LogP contribution in [0, 0.1) is 17.6 Å². The molecular formula is C12H13F3N2. The van der Waals surface area contributed by atoms with Gasteiger partial charge in [0, 0.05) is 23.6 Å². The number of H-pyrrole nitrogens is 1. The van der Waals surface area contributed by atoms with Crippen LogP contribution < -0.4 is 0 Å². The van der Waals surface area contributed by atoms with E-state index >= 15 is 0 Å². The molecule has 2 nitrogen and oxygen atoms in total. The summed E-state index contributed by atoms with van der Waals surface area (Å²) in [6.07, 6.45) is 0.404. The van der Waals surface area contributed by atoms with Crippen molar-refractivity contribution in [1.29, 1.82) is 0 Å². The summed E-state index contributed by atoms with van der Waals surface area (Å²) < 4.78 is 40.1. The molecule has 0 bridgehead atoms. The summed E-state index contributed by atoms with van der Waals surface area (Å²) in [6.45, 7) is 0.613. The van der Waals surface area contributed by atoms with E-state index in [9.17, 15) is 13.2 Å². The molecule has 0 radical (unpaired) electrons. The minimum Gasteiger partial charge on any atom is -0.329 e. The molecule has 1 aromatic carbocycles. The van der Waals surface area contributed by atoms with E-state index in [0.29, 0.717) is 18.5 Å². The second-order valence-electron chi connectivity index (χ2n) is 4.28. The number of halogens is 3. The van der Waals surface area contributed by atoms with Crippen molar-refractivity contribution in [3.8, 4) is 0 Å². The second kappa shape index (κ2) is 4.41. The van der Waals surface area contributed by atoms with Crippen molar-refractivity contribution in [2.24, 2.45) is 0 Å². The van der Waals surface area contributed by atoms with Crippen LogP contribution in [0.5, 0.6) is 0 Å². The first-order valence-corrected chi connectivity index (χ1v) is 5.29. The Bertz CT molecular complexity index is 546. The van der Waals surface area contributed by atoms with Gasteiger partial charge in [0.15, 0.2) is 5.95 Å². The predicted octanol–water partition coefficient (Wildman–Crippen LogP) is 2.69. The van der Waals surface area contributed by atoms with Crippen molar-refractivity contribution in [2.45, 2.75) is 6.42 Å². The number of benzene rings is 1. The maximum atomic E-state index is 13.6. The Morgan fingerprint density at radius 3 is 2.53 bits per heavy atom. The summed E-state index contributed by atoms with van der Waals surface area (Å²) in [6, 6.07) is 1.90. The number of rotatable bonds is 3. The summed E-state index contributed by atoms with van der Waals surface area (Å²) in [5.41, 5.74) is 0.352. The lowest BCUT2D eigenvalue weighted by atomic mass is 10.1. The minimum atomic E-state index is -0.769. The number of aromatic nitrogens is 1. The van der Waals surface area contributed by atoms with Gasteiger partial charge in [-0.15, -0.1) is 0 Å². The maximum Gasteiger partial charge on any atom is 0.195 e. The van der Waals surface area contributed by atoms with Gasteiger partial charge < -0.3 is 9.88 Å². The highest BCUT2D eigenvalue weighted by atomic mass is 19.1. The number of likely N-dealkylation sites (N-methyl/N-ethyl adjacent to an activating group) is 1. The molecule has 0 saturated heterocycles. The van der Waals surface area contributed by atoms with Gasteiger partial charge in [0.25, 0.3) is 0 Å². The molecule has 1 aromatic heterocycles. The van der Waals surface area contributed by atoms with E-state index in [0.717, 1.165) is 12.1 Å². The molecule has 0 aliphatic rings. The molecule has 0 fully saturated rings. The van der Waals surface area contributed by atoms with Gasteiger partial charge in [-0.1, -0.05) is 0 Å². The van der Waals surface area contributed by atoms with Gasteiger partial charge in [0.1, 0.15) is 11.6 Å². The lowest BCUT2D eigenvalue weighted by Gasteiger charge is -2.08. The topological polar surface area (TPSA) is 19.0 Å². The molecule has 0 spiro atoms. The number of nitrogens with one attached hydrogen (secondary N) is 1. The Morgan fingerprint density at radius 2 is 1.88 bits per heavy atom. The van der Waals surface area contributed by atoms with Crippen LogP contribution >= 0.6 is 0 Å². The van der Waals surface area contributed by atoms with Gasteiger partial charge in [0.2, 0.25) is 0 Å². The van der Waals surface area contributed by atoms with E-state index in [1.807, 2.05) is 19.0 Å². The summed E-state index contributed by atoms with van der Waals surface area (Å²) in [5, 5.41) is 0.279. The highest BCUT2D eigenvalue weighted by Gasteiger charge is 2.15. The largest absolute Gasteiger partial charge is 0.329 e. The zero-order chi connectivity index (χ0) is 12.6. The van der Waals surface area contributed by atoms with Crippen molar-refractivity contribution < 1.29 is 13.2 Å². The Labute approximate surface area is 97.0 Å². The monoisotopic (exact) mass is 242 g/mol. The van der Waals surface area contributed by atoms with E-state index in [1.165, 1.54) is 0 Å². The van der Waals surface area contributed by atoms with Gasteiger partial charge in [-0.3, -0.25) is 0 Å². The van der Waals surface area contributed by atoms with Crippen LogP contribution in [-0.4, -0.2) is 30.5 Å². The molecule has 17 heavy (non-hydrogen) atoms. The van der Waals surface area contributed by atoms with Crippen LogP contribution in [-0.2, 0) is 6.42 Å². The van der Waals surface area contributed by atoms with Crippen LogP contribution in [0.1, 0.15) is 5.56 Å². The standard InChI is InChI=1S/C12H13F3N2/c1-17(2)4-3-8-9-5-7(13)6-10(14)11(9)16-12(8)15/h5-6,16H,3-4H2,1-2H3. The van der Waals surface area contributed by atoms with Crippen LogP contribution in [0.3, 0.4) is 0 Å². The maximum absolute atomic E-state index is 13.6. The molecule has 92 valence electrons. The molecule has 0 aliphatic carbocycles. The fourth-order valence-corrected chi connectivity index (χ4v) is 1.82. The average molecular weight is 242 g/mol. The summed E-state index contributed by atoms with van der Waals surface area (Å²) >= 11 is 0. The first kappa shape index (κ1) is 12.0. The SMILES string of the molecule is CN(C)CCc1c(F)[nH]c2c(F)cc(F)cc12. The molecule has 0 amide bonds. The Hall–Kier alpha value is -1.49. The first-order chi connectivity index (χ1) is 7.99. The summed E-state index contributed by atoms with van der Waals surface area (Å²) in [5.74, 6) is -2.05. The quantitative estimate of drug-likeness (QED) is 0.876. The molecule has 0 unspecified atom stereocenters. The lowest BCUT2D eigenvalue weighted by molar-refractivity contribution is 0.410. The number of aromatic amines is 1. The third kappa shape index (κ3) is 2.29. The molecule has 0 saturated carbocycles. The summed E-state index contributed by atoms with van der Waals surface area (Å²) in [4.78, 5) is 4.20. The van der Waals surface area contributed by atoms with Crippen molar-refractivity contribution in [2.75, 3.05) is 20.6 Å². The fraction of sp³-hybridized carbons (Fsp3) is 0.333. The zero-order valence-electron chi connectivity index (χ0n) is 9.65. The molecule has 1 N–H and O–H groups in total. The van der Waals surface area contributed by atoms with Crippen LogP contribution in [0.25, 0.3) is 10.9 Å². The Kier molecular flexibility index (Phi) is 3.11. The van der Waals surface area contributed by atoms with Gasteiger partial charge in [-0.2, -0.15) is 4.39 Å². The van der Waals surface area contributed by atoms with Crippen molar-refractivity contribution in [1.82, 2.24) is 9.88 Å². The normalized spacial score (nSPS) is 11.6. The van der Waals surface area contributed by atoms with Gasteiger partial charge in [-0.05, 0) is 26.6 Å². The number of hydrogen-bond donors (Lipinski definition) is 1. The smallest absolute Gasteiger partial charge is 0.195 e. The Balaban J connectivity index is 2.50. The lowest BCUT2D eigenvalue weighted by Crippen LogP contribution is -2.15. The van der Waals surface area contributed by atoms with Gasteiger partial charge in [0.05, 0.1) is 5.52 Å². The van der Waals surface area contributed by atoms with Crippen molar-refractivity contribution in [3.63, 3.8) is 0 Å². The predicted molar refractivity (Wildman–Crippen MR) is 60.4 cm³/mol. The number of fused-ring (bicyclic) bond motifs is 1. The average Bonchev–Trinajstić information content (AvgIpc) is 2.52. The third-order valence-electron chi connectivity index (χ3n) is 2.69. The highest BCUT2D eigenvalue weighted by molar-refractivity contribution is 5.84. The Morgan fingerprint density at radius 1 is 1.18 bits per heavy atom. The number of nitrogens with zero attached hydrogens (tertiary/aromatic N) is 1. The molecule has 2 aromatic rings. The van der Waals surface area contributed by atoms with E-state index in [2.05, 4.69) is 4.98 Å². The van der Waals surface area contributed by atoms with E-state index in [4.69, 9.17) is 0 Å².